The zero-order valence-electron chi connectivity index (χ0n) is 33.4. The van der Waals surface area contributed by atoms with Crippen LogP contribution in [0.3, 0.4) is 0 Å². The van der Waals surface area contributed by atoms with E-state index in [1.807, 2.05) is 0 Å². The van der Waals surface area contributed by atoms with E-state index in [1.165, 1.54) is 92.7 Å². The summed E-state index contributed by atoms with van der Waals surface area (Å²) < 4.78 is 2.32. The fourth-order valence-electron chi connectivity index (χ4n) is 11.1. The van der Waals surface area contributed by atoms with Gasteiger partial charge in [0, 0.05) is 21.2 Å². The summed E-state index contributed by atoms with van der Waals surface area (Å²) in [5, 5.41) is 8.88. The Labute approximate surface area is 362 Å². The van der Waals surface area contributed by atoms with Gasteiger partial charge in [-0.2, -0.15) is 0 Å². The van der Waals surface area contributed by atoms with E-state index in [0.717, 1.165) is 38.2 Å². The van der Waals surface area contributed by atoms with Gasteiger partial charge in [-0.3, -0.25) is 0 Å². The molecule has 286 valence electrons. The highest BCUT2D eigenvalue weighted by molar-refractivity contribution is 7.26. The number of aromatic nitrogens is 2. The van der Waals surface area contributed by atoms with Gasteiger partial charge in [0.2, 0.25) is 0 Å². The average molecular weight is 803 g/mol. The second-order valence-corrected chi connectivity index (χ2v) is 17.8. The summed E-state index contributed by atoms with van der Waals surface area (Å²) in [5.41, 5.74) is 16.2. The van der Waals surface area contributed by atoms with E-state index in [2.05, 4.69) is 206 Å². The van der Waals surface area contributed by atoms with Gasteiger partial charge in [0.15, 0.2) is 5.82 Å². The van der Waals surface area contributed by atoms with Crippen molar-refractivity contribution in [1.29, 1.82) is 0 Å². The van der Waals surface area contributed by atoms with Crippen LogP contribution in [0.5, 0.6) is 0 Å². The minimum Gasteiger partial charge on any atom is -0.226 e. The van der Waals surface area contributed by atoms with Gasteiger partial charge < -0.3 is 0 Å². The highest BCUT2D eigenvalue weighted by Gasteiger charge is 2.52. The first kappa shape index (κ1) is 34.0. The molecule has 1 unspecified atom stereocenters. The Balaban J connectivity index is 1.06. The number of benzene rings is 10. The molecule has 3 heteroatoms. The van der Waals surface area contributed by atoms with Crippen LogP contribution in [0.2, 0.25) is 0 Å². The largest absolute Gasteiger partial charge is 0.226 e. The molecule has 1 atom stereocenters. The Kier molecular flexibility index (Phi) is 6.95. The van der Waals surface area contributed by atoms with Gasteiger partial charge in [0.1, 0.15) is 0 Å². The fourth-order valence-corrected chi connectivity index (χ4v) is 12.3. The van der Waals surface area contributed by atoms with Gasteiger partial charge in [-0.25, -0.2) is 9.97 Å². The van der Waals surface area contributed by atoms with E-state index >= 15 is 0 Å². The lowest BCUT2D eigenvalue weighted by atomic mass is 9.70. The van der Waals surface area contributed by atoms with Gasteiger partial charge >= 0.3 is 0 Å². The Hall–Kier alpha value is -7.72. The zero-order valence-corrected chi connectivity index (χ0v) is 34.2. The minimum atomic E-state index is -0.538. The number of hydrogen-bond donors (Lipinski definition) is 0. The topological polar surface area (TPSA) is 25.8 Å². The Bertz CT molecular complexity index is 3860. The molecule has 62 heavy (non-hydrogen) atoms. The lowest BCUT2D eigenvalue weighted by molar-refractivity contribution is 0.795. The Morgan fingerprint density at radius 3 is 1.61 bits per heavy atom. The molecule has 2 aliphatic carbocycles. The van der Waals surface area contributed by atoms with Crippen molar-refractivity contribution in [3.8, 4) is 56.0 Å². The quantitative estimate of drug-likeness (QED) is 0.166. The number of fused-ring (bicyclic) bond motifs is 19. The predicted molar refractivity (Wildman–Crippen MR) is 260 cm³/mol. The monoisotopic (exact) mass is 802 g/mol. The summed E-state index contributed by atoms with van der Waals surface area (Å²) in [6, 6.07) is 76.0. The van der Waals surface area contributed by atoms with Crippen LogP contribution in [-0.4, -0.2) is 9.97 Å². The molecule has 2 nitrogen and oxygen atoms in total. The van der Waals surface area contributed by atoms with E-state index in [-0.39, 0.29) is 0 Å². The number of hydrogen-bond acceptors (Lipinski definition) is 3. The second-order valence-electron chi connectivity index (χ2n) is 16.7. The van der Waals surface area contributed by atoms with Crippen LogP contribution in [0.1, 0.15) is 22.3 Å². The Morgan fingerprint density at radius 1 is 0.339 bits per heavy atom. The number of nitrogens with zero attached hydrogens (tertiary/aromatic N) is 2. The summed E-state index contributed by atoms with van der Waals surface area (Å²) in [6.07, 6.45) is 0. The van der Waals surface area contributed by atoms with E-state index in [0.29, 0.717) is 0 Å². The third-order valence-electron chi connectivity index (χ3n) is 13.7. The van der Waals surface area contributed by atoms with Gasteiger partial charge in [0.05, 0.1) is 21.3 Å². The minimum absolute atomic E-state index is 0.538. The van der Waals surface area contributed by atoms with Crippen LogP contribution < -0.4 is 0 Å². The molecular formula is C59H34N2S. The molecule has 1 spiro atoms. The van der Waals surface area contributed by atoms with Gasteiger partial charge in [0.25, 0.3) is 0 Å². The van der Waals surface area contributed by atoms with Crippen molar-refractivity contribution >= 4 is 64.0 Å². The molecule has 2 aliphatic rings. The molecule has 0 bridgehead atoms. The van der Waals surface area contributed by atoms with Gasteiger partial charge in [-0.15, -0.1) is 11.3 Å². The van der Waals surface area contributed by atoms with E-state index in [9.17, 15) is 0 Å². The van der Waals surface area contributed by atoms with Crippen molar-refractivity contribution < 1.29 is 0 Å². The summed E-state index contributed by atoms with van der Waals surface area (Å²) in [4.78, 5) is 11.1. The fraction of sp³-hybridized carbons (Fsp3) is 0.0169. The molecule has 0 amide bonds. The van der Waals surface area contributed by atoms with Crippen molar-refractivity contribution in [1.82, 2.24) is 9.97 Å². The van der Waals surface area contributed by atoms with Crippen molar-refractivity contribution in [2.75, 3.05) is 0 Å². The van der Waals surface area contributed by atoms with E-state index < -0.39 is 5.41 Å². The van der Waals surface area contributed by atoms with Crippen molar-refractivity contribution in [2.24, 2.45) is 0 Å². The smallest absolute Gasteiger partial charge is 0.161 e. The first-order valence-electron chi connectivity index (χ1n) is 21.3. The summed E-state index contributed by atoms with van der Waals surface area (Å²) >= 11 is 1.78. The third kappa shape index (κ3) is 4.47. The highest BCUT2D eigenvalue weighted by Crippen LogP contribution is 2.64. The molecule has 0 N–H and O–H groups in total. The van der Waals surface area contributed by atoms with Crippen LogP contribution in [0.15, 0.2) is 206 Å². The van der Waals surface area contributed by atoms with E-state index in [1.54, 1.807) is 11.3 Å². The normalized spacial score (nSPS) is 14.8. The summed E-state index contributed by atoms with van der Waals surface area (Å²) in [5.74, 6) is 0.745. The van der Waals surface area contributed by atoms with Crippen LogP contribution in [-0.2, 0) is 5.41 Å². The van der Waals surface area contributed by atoms with Gasteiger partial charge in [-0.1, -0.05) is 188 Å². The maximum absolute atomic E-state index is 5.60. The molecule has 0 saturated heterocycles. The SMILES string of the molecule is c1ccc(-c2ccc(-c3nc(-c4cccc5c4-c4ccccc4C54c5ccccc5-c5cc6c7ccccc7c7ccccc7c6cc54)nc4c3sc3ccccc34)cc2)cc1. The number of thiophene rings is 1. The first-order valence-corrected chi connectivity index (χ1v) is 22.1. The summed E-state index contributed by atoms with van der Waals surface area (Å²) in [6.45, 7) is 0. The van der Waals surface area contributed by atoms with Crippen molar-refractivity contribution in [3.63, 3.8) is 0 Å². The van der Waals surface area contributed by atoms with Crippen LogP contribution in [0, 0.1) is 0 Å². The van der Waals surface area contributed by atoms with Crippen LogP contribution >= 0.6 is 11.3 Å². The second kappa shape index (κ2) is 12.7. The van der Waals surface area contributed by atoms with Gasteiger partial charge in [-0.05, 0) is 106 Å². The lowest BCUT2D eigenvalue weighted by Gasteiger charge is -2.31. The molecule has 0 aliphatic heterocycles. The molecule has 2 heterocycles. The van der Waals surface area contributed by atoms with Crippen molar-refractivity contribution in [3.05, 3.63) is 229 Å². The predicted octanol–water partition coefficient (Wildman–Crippen LogP) is 15.6. The average Bonchev–Trinajstić information content (AvgIpc) is 3.98. The molecule has 14 rings (SSSR count). The van der Waals surface area contributed by atoms with Crippen LogP contribution in [0.4, 0.5) is 0 Å². The molecule has 10 aromatic carbocycles. The molecule has 0 saturated carbocycles. The summed E-state index contributed by atoms with van der Waals surface area (Å²) in [7, 11) is 0. The Morgan fingerprint density at radius 2 is 0.871 bits per heavy atom. The molecule has 0 radical (unpaired) electrons. The molecule has 12 aromatic rings. The maximum atomic E-state index is 5.60. The lowest BCUT2D eigenvalue weighted by Crippen LogP contribution is -2.25. The molecule has 0 fully saturated rings. The molecule has 2 aromatic heterocycles. The number of rotatable bonds is 3. The molecular weight excluding hydrogens is 769 g/mol. The highest BCUT2D eigenvalue weighted by atomic mass is 32.1. The van der Waals surface area contributed by atoms with E-state index in [4.69, 9.17) is 9.97 Å². The maximum Gasteiger partial charge on any atom is 0.161 e. The zero-order chi connectivity index (χ0) is 40.5. The first-order chi connectivity index (χ1) is 30.8. The van der Waals surface area contributed by atoms with Crippen molar-refractivity contribution in [2.45, 2.75) is 5.41 Å². The standard InChI is InChI=1S/C59H34N2S/c1-2-15-35(16-3-1)36-29-31-37(32-30-36)55-57-56(44-23-10-13-28-53(44)62-57)61-58(60-55)45-24-14-27-51-54(45)43-22-9-12-26-50(43)59(51)49-25-11-8-21-42(49)48-33-46-40-19-6-4-17-38(40)39-18-5-7-20-41(39)47(46)34-52(48)59/h1-34H. The van der Waals surface area contributed by atoms with Crippen LogP contribution in [0.25, 0.3) is 109 Å². The third-order valence-corrected chi connectivity index (χ3v) is 14.9.